The number of aliphatic hydroxyl groups is 2. The first-order chi connectivity index (χ1) is 13.2. The van der Waals surface area contributed by atoms with Crippen LogP contribution in [0.3, 0.4) is 0 Å². The quantitative estimate of drug-likeness (QED) is 0.724. The third-order valence-electron chi connectivity index (χ3n) is 9.64. The van der Waals surface area contributed by atoms with E-state index >= 15 is 0 Å². The lowest BCUT2D eigenvalue weighted by Crippen LogP contribution is -2.52. The fourth-order valence-electron chi connectivity index (χ4n) is 7.92. The Kier molecular flexibility index (Phi) is 5.19. The van der Waals surface area contributed by atoms with Gasteiger partial charge in [-0.15, -0.1) is 0 Å². The van der Waals surface area contributed by atoms with Crippen molar-refractivity contribution < 1.29 is 20.1 Å². The number of hydrogen-bond acceptors (Lipinski definition) is 4. The van der Waals surface area contributed by atoms with Gasteiger partial charge in [-0.25, -0.2) is 0 Å². The summed E-state index contributed by atoms with van der Waals surface area (Å²) in [5.74, 6) is 0.687. The van der Waals surface area contributed by atoms with Crippen molar-refractivity contribution in [1.29, 1.82) is 0 Å². The highest BCUT2D eigenvalue weighted by Crippen LogP contribution is 2.65. The molecule has 4 rings (SSSR count). The lowest BCUT2D eigenvalue weighted by atomic mass is 9.48. The molecule has 0 bridgehead atoms. The zero-order valence-corrected chi connectivity index (χ0v) is 17.7. The van der Waals surface area contributed by atoms with Gasteiger partial charge in [0.15, 0.2) is 0 Å². The highest BCUT2D eigenvalue weighted by Gasteiger charge is 2.58. The highest BCUT2D eigenvalue weighted by molar-refractivity contribution is 5.64. The van der Waals surface area contributed by atoms with Crippen LogP contribution in [0.15, 0.2) is 11.1 Å². The number of aliphatic carboxylic acids is 1. The van der Waals surface area contributed by atoms with Gasteiger partial charge >= 0.3 is 0 Å². The van der Waals surface area contributed by atoms with Crippen LogP contribution in [0.4, 0.5) is 0 Å². The van der Waals surface area contributed by atoms with E-state index in [2.05, 4.69) is 20.8 Å². The van der Waals surface area contributed by atoms with Crippen molar-refractivity contribution in [1.82, 2.24) is 0 Å². The lowest BCUT2D eigenvalue weighted by Gasteiger charge is -2.58. The molecule has 3 saturated carbocycles. The molecule has 0 aromatic carbocycles. The second-order valence-electron chi connectivity index (χ2n) is 10.8. The molecule has 0 amide bonds. The van der Waals surface area contributed by atoms with Crippen LogP contribution in [-0.2, 0) is 4.79 Å². The Balaban J connectivity index is 1.64. The first-order valence-corrected chi connectivity index (χ1v) is 11.5. The minimum Gasteiger partial charge on any atom is -0.550 e. The zero-order valence-electron chi connectivity index (χ0n) is 17.7. The van der Waals surface area contributed by atoms with Gasteiger partial charge in [-0.1, -0.05) is 31.9 Å². The summed E-state index contributed by atoms with van der Waals surface area (Å²) in [7, 11) is 0. The van der Waals surface area contributed by atoms with E-state index in [1.807, 2.05) is 0 Å². The number of carbonyl (C=O) groups is 1. The van der Waals surface area contributed by atoms with Crippen LogP contribution in [0.25, 0.3) is 0 Å². The normalized spacial score (nSPS) is 46.5. The van der Waals surface area contributed by atoms with Gasteiger partial charge in [0.1, 0.15) is 0 Å². The van der Waals surface area contributed by atoms with Crippen LogP contribution in [-0.4, -0.2) is 28.4 Å². The second kappa shape index (κ2) is 7.12. The fourth-order valence-corrected chi connectivity index (χ4v) is 7.92. The molecular weight excluding hydrogens is 352 g/mol. The lowest BCUT2D eigenvalue weighted by molar-refractivity contribution is -0.306. The summed E-state index contributed by atoms with van der Waals surface area (Å²) < 4.78 is 0. The van der Waals surface area contributed by atoms with Gasteiger partial charge in [-0.3, -0.25) is 0 Å². The molecule has 4 heteroatoms. The van der Waals surface area contributed by atoms with Crippen LogP contribution in [0.5, 0.6) is 0 Å². The summed E-state index contributed by atoms with van der Waals surface area (Å²) in [6, 6.07) is 0. The maximum atomic E-state index is 11.4. The Labute approximate surface area is 169 Å². The number of hydrogen-bond donors (Lipinski definition) is 2. The van der Waals surface area contributed by atoms with Crippen molar-refractivity contribution in [2.24, 2.45) is 34.5 Å². The Morgan fingerprint density at radius 2 is 1.93 bits per heavy atom. The molecular formula is C24H37O4-. The van der Waals surface area contributed by atoms with E-state index in [9.17, 15) is 20.1 Å². The van der Waals surface area contributed by atoms with Crippen LogP contribution in [0.1, 0.15) is 85.0 Å². The van der Waals surface area contributed by atoms with Crippen molar-refractivity contribution in [3.63, 3.8) is 0 Å². The molecule has 0 spiro atoms. The van der Waals surface area contributed by atoms with Crippen molar-refractivity contribution in [3.8, 4) is 0 Å². The molecule has 0 aromatic heterocycles. The van der Waals surface area contributed by atoms with Gasteiger partial charge in [0.2, 0.25) is 0 Å². The van der Waals surface area contributed by atoms with Crippen LogP contribution in [0.2, 0.25) is 0 Å². The zero-order chi connectivity index (χ0) is 20.3. The summed E-state index contributed by atoms with van der Waals surface area (Å²) >= 11 is 0. The average Bonchev–Trinajstić information content (AvgIpc) is 3.00. The first-order valence-electron chi connectivity index (χ1n) is 11.5. The maximum absolute atomic E-state index is 11.4. The molecule has 0 heterocycles. The topological polar surface area (TPSA) is 80.6 Å². The van der Waals surface area contributed by atoms with Crippen LogP contribution < -0.4 is 5.11 Å². The van der Waals surface area contributed by atoms with Gasteiger partial charge in [-0.05, 0) is 93.3 Å². The molecule has 28 heavy (non-hydrogen) atoms. The number of carboxylic acid groups (broad SMARTS) is 1. The van der Waals surface area contributed by atoms with E-state index in [0.29, 0.717) is 24.2 Å². The van der Waals surface area contributed by atoms with E-state index < -0.39 is 5.97 Å². The van der Waals surface area contributed by atoms with Crippen molar-refractivity contribution >= 4 is 5.97 Å². The van der Waals surface area contributed by atoms with E-state index in [1.54, 1.807) is 5.57 Å². The summed E-state index contributed by atoms with van der Waals surface area (Å²) in [5, 5.41) is 32.5. The van der Waals surface area contributed by atoms with Crippen molar-refractivity contribution in [2.45, 2.75) is 97.2 Å². The number of carboxylic acids is 1. The molecule has 2 N–H and O–H groups in total. The number of aliphatic hydroxyl groups excluding tert-OH is 2. The third kappa shape index (κ3) is 2.98. The molecule has 158 valence electrons. The molecule has 0 saturated heterocycles. The fraction of sp³-hybridized carbons (Fsp3) is 0.875. The number of carbonyl (C=O) groups excluding carboxylic acids is 1. The number of fused-ring (bicyclic) bond motifs is 4. The maximum Gasteiger partial charge on any atom is 0.0639 e. The Morgan fingerprint density at radius 3 is 2.64 bits per heavy atom. The molecule has 0 aliphatic heterocycles. The summed E-state index contributed by atoms with van der Waals surface area (Å²) in [5.41, 5.74) is 3.14. The average molecular weight is 390 g/mol. The molecule has 0 radical (unpaired) electrons. The number of allylic oxidation sites excluding steroid dienone is 1. The van der Waals surface area contributed by atoms with Gasteiger partial charge in [0.05, 0.1) is 12.2 Å². The van der Waals surface area contributed by atoms with Gasteiger partial charge in [-0.2, -0.15) is 0 Å². The van der Waals surface area contributed by atoms with E-state index in [1.165, 1.54) is 12.0 Å². The second-order valence-corrected chi connectivity index (χ2v) is 10.8. The van der Waals surface area contributed by atoms with E-state index in [-0.39, 0.29) is 35.4 Å². The van der Waals surface area contributed by atoms with Gasteiger partial charge in [0, 0.05) is 11.4 Å². The third-order valence-corrected chi connectivity index (χ3v) is 9.64. The molecule has 4 aliphatic carbocycles. The molecule has 0 aromatic rings. The minimum atomic E-state index is -0.969. The van der Waals surface area contributed by atoms with E-state index in [0.717, 1.165) is 44.9 Å². The first kappa shape index (κ1) is 20.4. The van der Waals surface area contributed by atoms with Crippen molar-refractivity contribution in [2.75, 3.05) is 0 Å². The summed E-state index contributed by atoms with van der Waals surface area (Å²) in [6.45, 7) is 6.83. The predicted octanol–water partition coefficient (Wildman–Crippen LogP) is 3.21. The molecule has 8 atom stereocenters. The Morgan fingerprint density at radius 1 is 1.18 bits per heavy atom. The van der Waals surface area contributed by atoms with Gasteiger partial charge in [0.25, 0.3) is 0 Å². The van der Waals surface area contributed by atoms with Gasteiger partial charge < -0.3 is 20.1 Å². The van der Waals surface area contributed by atoms with Crippen LogP contribution in [0, 0.1) is 34.5 Å². The largest absolute Gasteiger partial charge is 0.550 e. The Bertz CT molecular complexity index is 670. The predicted molar refractivity (Wildman–Crippen MR) is 106 cm³/mol. The van der Waals surface area contributed by atoms with Crippen LogP contribution >= 0.6 is 0 Å². The Hall–Kier alpha value is -0.870. The summed E-state index contributed by atoms with van der Waals surface area (Å²) in [4.78, 5) is 10.9. The smallest absolute Gasteiger partial charge is 0.0639 e. The molecule has 4 nitrogen and oxygen atoms in total. The monoisotopic (exact) mass is 389 g/mol. The van der Waals surface area contributed by atoms with Crippen molar-refractivity contribution in [3.05, 3.63) is 11.1 Å². The molecule has 0 unspecified atom stereocenters. The molecule has 4 aliphatic rings. The highest BCUT2D eigenvalue weighted by atomic mass is 16.4. The summed E-state index contributed by atoms with van der Waals surface area (Å²) in [6.07, 6.45) is 8.37. The minimum absolute atomic E-state index is 0.112. The SMILES string of the molecule is C[C@@H](CCC(=O)[O-])[C@@H]1CCC2=C3CC[C@@H]4C[C@H](O)CC[C@]4(C)[C@@H]3C[C@H](O)[C@@]21C. The van der Waals surface area contributed by atoms with E-state index in [4.69, 9.17) is 0 Å². The number of rotatable bonds is 4. The molecule has 3 fully saturated rings. The standard InChI is InChI=1S/C24H38O4/c1-14(4-9-22(27)28)18-7-8-19-17-6-5-15-12-16(25)10-11-23(15,2)20(17)13-21(26)24(18,19)3/h14-16,18,20-21,25-26H,4-13H2,1-3H3,(H,27,28)/p-1/t14-,15+,16+,18-,20+,21-,23-,24+/m0/s1.